The number of ether oxygens (including phenoxy) is 2. The highest BCUT2D eigenvalue weighted by atomic mass is 32.1. The van der Waals surface area contributed by atoms with E-state index in [0.29, 0.717) is 22.3 Å². The maximum atomic E-state index is 12.4. The number of rotatable bonds is 7. The summed E-state index contributed by atoms with van der Waals surface area (Å²) in [5, 5.41) is 8.02. The van der Waals surface area contributed by atoms with Crippen molar-refractivity contribution in [2.24, 2.45) is 5.10 Å². The average Bonchev–Trinajstić information content (AvgIpc) is 3.13. The molecule has 3 aromatic rings. The Balaban J connectivity index is 1.66. The van der Waals surface area contributed by atoms with Crippen LogP contribution in [0.1, 0.15) is 19.4 Å². The molecule has 0 fully saturated rings. The van der Waals surface area contributed by atoms with Crippen LogP contribution >= 0.6 is 11.3 Å². The first-order chi connectivity index (χ1) is 13.5. The van der Waals surface area contributed by atoms with Gasteiger partial charge in [0, 0.05) is 11.6 Å². The quantitative estimate of drug-likeness (QED) is 0.469. The van der Waals surface area contributed by atoms with Gasteiger partial charge in [-0.2, -0.15) is 5.10 Å². The third-order valence-electron chi connectivity index (χ3n) is 4.16. The van der Waals surface area contributed by atoms with Crippen LogP contribution in [0.5, 0.6) is 11.5 Å². The van der Waals surface area contributed by atoms with Crippen molar-refractivity contribution in [1.29, 1.82) is 0 Å². The highest BCUT2D eigenvalue weighted by Gasteiger charge is 2.15. The normalized spacial score (nSPS) is 12.5. The molecule has 28 heavy (non-hydrogen) atoms. The van der Waals surface area contributed by atoms with Crippen LogP contribution in [0.4, 0.5) is 5.13 Å². The van der Waals surface area contributed by atoms with E-state index in [0.717, 1.165) is 15.8 Å². The van der Waals surface area contributed by atoms with Gasteiger partial charge in [0.15, 0.2) is 5.13 Å². The van der Waals surface area contributed by atoms with Crippen LogP contribution in [0.25, 0.3) is 10.2 Å². The smallest absolute Gasteiger partial charge is 0.262 e. The molecule has 0 aliphatic heterocycles. The van der Waals surface area contributed by atoms with Crippen LogP contribution in [0, 0.1) is 0 Å². The molecule has 0 aliphatic rings. The number of thiazole rings is 1. The Morgan fingerprint density at radius 2 is 1.96 bits per heavy atom. The predicted molar refractivity (Wildman–Crippen MR) is 113 cm³/mol. The lowest BCUT2D eigenvalue weighted by atomic mass is 10.1. The maximum Gasteiger partial charge on any atom is 0.262 e. The Hall–Kier alpha value is -3.13. The van der Waals surface area contributed by atoms with Gasteiger partial charge in [-0.25, -0.2) is 10.4 Å². The van der Waals surface area contributed by atoms with E-state index in [2.05, 4.69) is 20.8 Å². The molecule has 0 saturated carbocycles. The van der Waals surface area contributed by atoms with E-state index in [4.69, 9.17) is 9.47 Å². The second-order valence-electron chi connectivity index (χ2n) is 6.09. The number of para-hydroxylation sites is 1. The van der Waals surface area contributed by atoms with Crippen molar-refractivity contribution in [2.45, 2.75) is 19.9 Å². The average molecular weight is 398 g/mol. The number of hydrogen-bond donors (Lipinski definition) is 2. The molecule has 3 rings (SSSR count). The molecule has 2 N–H and O–H groups in total. The minimum atomic E-state index is -0.491. The lowest BCUT2D eigenvalue weighted by Crippen LogP contribution is -2.35. The lowest BCUT2D eigenvalue weighted by molar-refractivity contribution is -0.121. The first-order valence-corrected chi connectivity index (χ1v) is 9.52. The van der Waals surface area contributed by atoms with E-state index in [9.17, 15) is 4.79 Å². The highest BCUT2D eigenvalue weighted by Crippen LogP contribution is 2.26. The van der Waals surface area contributed by atoms with Crippen molar-refractivity contribution in [2.75, 3.05) is 19.5 Å². The summed E-state index contributed by atoms with van der Waals surface area (Å²) in [6.45, 7) is 3.57. The summed E-state index contributed by atoms with van der Waals surface area (Å²) in [4.78, 5) is 16.9. The van der Waals surface area contributed by atoms with Gasteiger partial charge in [-0.05, 0) is 38.1 Å². The second-order valence-corrected chi connectivity index (χ2v) is 7.12. The van der Waals surface area contributed by atoms with E-state index in [1.807, 2.05) is 36.4 Å². The van der Waals surface area contributed by atoms with Gasteiger partial charge < -0.3 is 14.8 Å². The number of carbonyl (C=O) groups is 1. The molecule has 7 nitrogen and oxygen atoms in total. The molecule has 1 heterocycles. The molecule has 2 aromatic carbocycles. The van der Waals surface area contributed by atoms with Gasteiger partial charge in [0.1, 0.15) is 17.5 Å². The molecule has 1 atom stereocenters. The topological polar surface area (TPSA) is 84.8 Å². The first-order valence-electron chi connectivity index (χ1n) is 8.70. The van der Waals surface area contributed by atoms with Crippen molar-refractivity contribution in [3.63, 3.8) is 0 Å². The fraction of sp³-hybridized carbons (Fsp3) is 0.250. The van der Waals surface area contributed by atoms with E-state index in [-0.39, 0.29) is 5.91 Å². The van der Waals surface area contributed by atoms with Gasteiger partial charge in [0.2, 0.25) is 0 Å². The largest absolute Gasteiger partial charge is 0.497 e. The summed E-state index contributed by atoms with van der Waals surface area (Å²) < 4.78 is 11.6. The number of fused-ring (bicyclic) bond motifs is 1. The molecule has 0 radical (unpaired) electrons. The van der Waals surface area contributed by atoms with E-state index in [1.165, 1.54) is 11.3 Å². The molecular formula is C20H22N4O3S. The van der Waals surface area contributed by atoms with Crippen molar-refractivity contribution in [3.05, 3.63) is 48.0 Å². The van der Waals surface area contributed by atoms with E-state index < -0.39 is 6.04 Å². The molecule has 0 spiro atoms. The minimum Gasteiger partial charge on any atom is -0.497 e. The molecule has 0 unspecified atom stereocenters. The van der Waals surface area contributed by atoms with Crippen LogP contribution in [-0.4, -0.2) is 36.9 Å². The van der Waals surface area contributed by atoms with Crippen molar-refractivity contribution < 1.29 is 14.3 Å². The number of anilines is 1. The summed E-state index contributed by atoms with van der Waals surface area (Å²) in [6, 6.07) is 12.8. The number of hydrogen-bond acceptors (Lipinski definition) is 7. The Labute approximate surface area is 167 Å². The summed E-state index contributed by atoms with van der Waals surface area (Å²) >= 11 is 1.51. The number of nitrogens with zero attached hydrogens (tertiary/aromatic N) is 2. The fourth-order valence-electron chi connectivity index (χ4n) is 2.58. The number of hydrazone groups is 1. The molecule has 1 aromatic heterocycles. The van der Waals surface area contributed by atoms with Crippen molar-refractivity contribution >= 4 is 38.3 Å². The SMILES string of the molecule is COc1ccc(/C(C)=N\NC(=O)[C@H](C)Nc2nc3ccccc3s2)c(OC)c1. The standard InChI is InChI=1S/C20H22N4O3S/c1-12(15-10-9-14(26-3)11-17(15)27-4)23-24-19(25)13(2)21-20-22-16-7-5-6-8-18(16)28-20/h5-11,13H,1-4H3,(H,21,22)(H,24,25)/b23-12-/t13-/m0/s1. The predicted octanol–water partition coefficient (Wildman–Crippen LogP) is 3.65. The van der Waals surface area contributed by atoms with Crippen LogP contribution < -0.4 is 20.2 Å². The Morgan fingerprint density at radius 3 is 2.68 bits per heavy atom. The van der Waals surface area contributed by atoms with Crippen LogP contribution in [0.15, 0.2) is 47.6 Å². The van der Waals surface area contributed by atoms with Crippen LogP contribution in [-0.2, 0) is 4.79 Å². The van der Waals surface area contributed by atoms with Gasteiger partial charge in [0.25, 0.3) is 5.91 Å². The number of amides is 1. The fourth-order valence-corrected chi connectivity index (χ4v) is 3.53. The van der Waals surface area contributed by atoms with Gasteiger partial charge in [-0.1, -0.05) is 23.5 Å². The van der Waals surface area contributed by atoms with Crippen molar-refractivity contribution in [3.8, 4) is 11.5 Å². The number of benzene rings is 2. The molecule has 146 valence electrons. The number of carbonyl (C=O) groups excluding carboxylic acids is 1. The third-order valence-corrected chi connectivity index (χ3v) is 5.13. The van der Waals surface area contributed by atoms with Gasteiger partial charge in [-0.15, -0.1) is 0 Å². The maximum absolute atomic E-state index is 12.4. The Morgan fingerprint density at radius 1 is 1.18 bits per heavy atom. The van der Waals surface area contributed by atoms with Crippen LogP contribution in [0.3, 0.4) is 0 Å². The lowest BCUT2D eigenvalue weighted by Gasteiger charge is -2.12. The summed E-state index contributed by atoms with van der Waals surface area (Å²) in [5.41, 5.74) is 4.90. The highest BCUT2D eigenvalue weighted by molar-refractivity contribution is 7.22. The van der Waals surface area contributed by atoms with Crippen LogP contribution in [0.2, 0.25) is 0 Å². The third kappa shape index (κ3) is 4.40. The minimum absolute atomic E-state index is 0.258. The zero-order valence-corrected chi connectivity index (χ0v) is 17.0. The number of methoxy groups -OCH3 is 2. The first kappa shape index (κ1) is 19.6. The molecule has 0 saturated heterocycles. The van der Waals surface area contributed by atoms with Gasteiger partial charge in [-0.3, -0.25) is 4.79 Å². The summed E-state index contributed by atoms with van der Waals surface area (Å²) in [7, 11) is 3.17. The zero-order valence-electron chi connectivity index (χ0n) is 16.1. The monoisotopic (exact) mass is 398 g/mol. The van der Waals surface area contributed by atoms with E-state index >= 15 is 0 Å². The Bertz CT molecular complexity index is 983. The second kappa shape index (κ2) is 8.71. The Kier molecular flexibility index (Phi) is 6.10. The molecule has 0 bridgehead atoms. The number of aromatic nitrogens is 1. The summed E-state index contributed by atoms with van der Waals surface area (Å²) in [6.07, 6.45) is 0. The zero-order chi connectivity index (χ0) is 20.1. The molecular weight excluding hydrogens is 376 g/mol. The molecule has 1 amide bonds. The van der Waals surface area contributed by atoms with Crippen molar-refractivity contribution in [1.82, 2.24) is 10.4 Å². The summed E-state index contributed by atoms with van der Waals surface area (Å²) in [5.74, 6) is 1.05. The molecule has 0 aliphatic carbocycles. The molecule has 8 heteroatoms. The van der Waals surface area contributed by atoms with Gasteiger partial charge in [0.05, 0.1) is 30.1 Å². The van der Waals surface area contributed by atoms with E-state index in [1.54, 1.807) is 34.1 Å². The van der Waals surface area contributed by atoms with Gasteiger partial charge >= 0.3 is 0 Å². The number of nitrogens with one attached hydrogen (secondary N) is 2.